The third kappa shape index (κ3) is 4.89. The maximum Gasteiger partial charge on any atom is 0.171 e. The Morgan fingerprint density at radius 2 is 1.96 bits per heavy atom. The molecule has 0 amide bonds. The van der Waals surface area contributed by atoms with E-state index in [9.17, 15) is 4.39 Å². The molecular weight excluding hydrogens is 335 g/mol. The summed E-state index contributed by atoms with van der Waals surface area (Å²) in [6.45, 7) is 1.88. The fourth-order valence-corrected chi connectivity index (χ4v) is 2.82. The molecule has 2 rings (SSSR count). The third-order valence-electron chi connectivity index (χ3n) is 3.36. The molecule has 0 heterocycles. The van der Waals surface area contributed by atoms with Crippen LogP contribution in [0, 0.1) is 5.82 Å². The number of halogens is 2. The van der Waals surface area contributed by atoms with Crippen LogP contribution in [0.2, 0.25) is 5.02 Å². The Morgan fingerprint density at radius 3 is 2.61 bits per heavy atom. The predicted molar refractivity (Wildman–Crippen MR) is 96.4 cm³/mol. The summed E-state index contributed by atoms with van der Waals surface area (Å²) in [5.41, 5.74) is 1.27. The van der Waals surface area contributed by atoms with E-state index in [1.54, 1.807) is 37.4 Å². The van der Waals surface area contributed by atoms with Crippen LogP contribution in [0.25, 0.3) is 0 Å². The lowest BCUT2D eigenvalue weighted by atomic mass is 10.0. The molecule has 0 aliphatic carbocycles. The molecule has 2 atom stereocenters. The molecule has 0 saturated carbocycles. The Morgan fingerprint density at radius 1 is 1.22 bits per heavy atom. The van der Waals surface area contributed by atoms with Gasteiger partial charge < -0.3 is 15.4 Å². The Labute approximate surface area is 145 Å². The molecule has 0 aromatic heterocycles. The molecular formula is C17H18ClFN2OS. The van der Waals surface area contributed by atoms with Gasteiger partial charge in [-0.05, 0) is 43.4 Å². The van der Waals surface area contributed by atoms with Gasteiger partial charge >= 0.3 is 0 Å². The van der Waals surface area contributed by atoms with E-state index in [1.165, 1.54) is 6.07 Å². The van der Waals surface area contributed by atoms with Crippen LogP contribution in [0.15, 0.2) is 48.5 Å². The number of rotatable bonds is 5. The highest BCUT2D eigenvalue weighted by molar-refractivity contribution is 7.80. The molecule has 2 N–H and O–H groups in total. The lowest BCUT2D eigenvalue weighted by molar-refractivity contribution is 0.0767. The van der Waals surface area contributed by atoms with Crippen molar-refractivity contribution >= 4 is 34.6 Å². The lowest BCUT2D eigenvalue weighted by Gasteiger charge is -2.25. The largest absolute Gasteiger partial charge is 0.375 e. The smallest absolute Gasteiger partial charge is 0.171 e. The molecule has 2 aromatic rings. The van der Waals surface area contributed by atoms with Crippen LogP contribution < -0.4 is 10.6 Å². The molecule has 2 unspecified atom stereocenters. The van der Waals surface area contributed by atoms with E-state index in [0.29, 0.717) is 15.7 Å². The van der Waals surface area contributed by atoms with Crippen molar-refractivity contribution in [1.29, 1.82) is 0 Å². The quantitative estimate of drug-likeness (QED) is 0.774. The van der Waals surface area contributed by atoms with E-state index in [4.69, 9.17) is 28.6 Å². The van der Waals surface area contributed by atoms with E-state index in [2.05, 4.69) is 10.6 Å². The van der Waals surface area contributed by atoms with Gasteiger partial charge in [0.1, 0.15) is 11.9 Å². The zero-order valence-corrected chi connectivity index (χ0v) is 14.4. The second-order valence-corrected chi connectivity index (χ2v) is 5.92. The predicted octanol–water partition coefficient (Wildman–Crippen LogP) is 4.54. The molecule has 2 aromatic carbocycles. The second-order valence-electron chi connectivity index (χ2n) is 5.08. The zero-order valence-electron chi connectivity index (χ0n) is 12.8. The van der Waals surface area contributed by atoms with E-state index < -0.39 is 6.10 Å². The number of nitrogens with one attached hydrogen (secondary N) is 2. The summed E-state index contributed by atoms with van der Waals surface area (Å²) in [4.78, 5) is 0. The number of ether oxygens (including phenoxy) is 1. The summed E-state index contributed by atoms with van der Waals surface area (Å²) >= 11 is 11.2. The van der Waals surface area contributed by atoms with Crippen LogP contribution in [0.5, 0.6) is 0 Å². The average Bonchev–Trinajstić information content (AvgIpc) is 2.49. The Kier molecular flexibility index (Phi) is 6.33. The van der Waals surface area contributed by atoms with Crippen molar-refractivity contribution in [3.8, 4) is 0 Å². The molecule has 0 saturated heterocycles. The minimum Gasteiger partial charge on any atom is -0.375 e. The van der Waals surface area contributed by atoms with Gasteiger partial charge in [0.2, 0.25) is 0 Å². The number of methoxy groups -OCH3 is 1. The topological polar surface area (TPSA) is 33.3 Å². The number of benzene rings is 2. The number of anilines is 1. The SMILES string of the molecule is COC(c1ccccc1F)C(C)NC(=S)Nc1cccc(Cl)c1. The van der Waals surface area contributed by atoms with Crippen LogP contribution >= 0.6 is 23.8 Å². The molecule has 0 aliphatic rings. The summed E-state index contributed by atoms with van der Waals surface area (Å²) < 4.78 is 19.4. The van der Waals surface area contributed by atoms with Gasteiger partial charge in [-0.25, -0.2) is 4.39 Å². The molecule has 0 spiro atoms. The molecule has 6 heteroatoms. The maximum absolute atomic E-state index is 13.9. The van der Waals surface area contributed by atoms with E-state index >= 15 is 0 Å². The first kappa shape index (κ1) is 17.7. The van der Waals surface area contributed by atoms with Crippen molar-refractivity contribution in [2.45, 2.75) is 19.1 Å². The van der Waals surface area contributed by atoms with Crippen molar-refractivity contribution < 1.29 is 9.13 Å². The maximum atomic E-state index is 13.9. The Balaban J connectivity index is 2.03. The Bertz CT molecular complexity index is 683. The van der Waals surface area contributed by atoms with Crippen molar-refractivity contribution in [3.05, 3.63) is 64.9 Å². The molecule has 0 aliphatic heterocycles. The molecule has 122 valence electrons. The minimum atomic E-state index is -0.463. The third-order valence-corrected chi connectivity index (χ3v) is 3.82. The average molecular weight is 353 g/mol. The summed E-state index contributed by atoms with van der Waals surface area (Å²) in [5, 5.41) is 7.19. The molecule has 23 heavy (non-hydrogen) atoms. The van der Waals surface area contributed by atoms with Crippen molar-refractivity contribution in [1.82, 2.24) is 5.32 Å². The number of hydrogen-bond donors (Lipinski definition) is 2. The summed E-state index contributed by atoms with van der Waals surface area (Å²) in [7, 11) is 1.54. The van der Waals surface area contributed by atoms with Crippen LogP contribution in [-0.2, 0) is 4.74 Å². The highest BCUT2D eigenvalue weighted by atomic mass is 35.5. The fraction of sp³-hybridized carbons (Fsp3) is 0.235. The van der Waals surface area contributed by atoms with Gasteiger partial charge in [0.25, 0.3) is 0 Å². The summed E-state index contributed by atoms with van der Waals surface area (Å²) in [5.74, 6) is -0.304. The van der Waals surface area contributed by atoms with Crippen molar-refractivity contribution in [2.24, 2.45) is 0 Å². The number of thiocarbonyl (C=S) groups is 1. The van der Waals surface area contributed by atoms with Gasteiger partial charge in [0.05, 0.1) is 6.04 Å². The molecule has 0 fully saturated rings. The normalized spacial score (nSPS) is 13.2. The van der Waals surface area contributed by atoms with Gasteiger partial charge in [-0.2, -0.15) is 0 Å². The standard InChI is InChI=1S/C17H18ClFN2OS/c1-11(16(22-2)14-8-3-4-9-15(14)19)20-17(23)21-13-7-5-6-12(18)10-13/h3-11,16H,1-2H3,(H2,20,21,23). The molecule has 0 bridgehead atoms. The first-order chi connectivity index (χ1) is 11.0. The summed E-state index contributed by atoms with van der Waals surface area (Å²) in [6.07, 6.45) is -0.463. The van der Waals surface area contributed by atoms with E-state index in [0.717, 1.165) is 5.69 Å². The minimum absolute atomic E-state index is 0.226. The van der Waals surface area contributed by atoms with Crippen LogP contribution in [0.1, 0.15) is 18.6 Å². The Hall–Kier alpha value is -1.69. The molecule has 3 nitrogen and oxygen atoms in total. The van der Waals surface area contributed by atoms with E-state index in [1.807, 2.05) is 19.1 Å². The first-order valence-electron chi connectivity index (χ1n) is 7.11. The lowest BCUT2D eigenvalue weighted by Crippen LogP contribution is -2.40. The fourth-order valence-electron chi connectivity index (χ4n) is 2.32. The molecule has 0 radical (unpaired) electrons. The zero-order chi connectivity index (χ0) is 16.8. The van der Waals surface area contributed by atoms with Gasteiger partial charge in [0, 0.05) is 23.4 Å². The van der Waals surface area contributed by atoms with Crippen molar-refractivity contribution in [3.63, 3.8) is 0 Å². The van der Waals surface area contributed by atoms with Crippen LogP contribution in [-0.4, -0.2) is 18.3 Å². The van der Waals surface area contributed by atoms with Gasteiger partial charge in [-0.15, -0.1) is 0 Å². The number of hydrogen-bond acceptors (Lipinski definition) is 2. The van der Waals surface area contributed by atoms with Crippen LogP contribution in [0.4, 0.5) is 10.1 Å². The van der Waals surface area contributed by atoms with E-state index in [-0.39, 0.29) is 11.9 Å². The van der Waals surface area contributed by atoms with Crippen LogP contribution in [0.3, 0.4) is 0 Å². The van der Waals surface area contributed by atoms with Gasteiger partial charge in [-0.1, -0.05) is 35.9 Å². The highest BCUT2D eigenvalue weighted by Gasteiger charge is 2.22. The van der Waals surface area contributed by atoms with Gasteiger partial charge in [0.15, 0.2) is 5.11 Å². The highest BCUT2D eigenvalue weighted by Crippen LogP contribution is 2.23. The second kappa shape index (κ2) is 8.24. The van der Waals surface area contributed by atoms with Gasteiger partial charge in [-0.3, -0.25) is 0 Å². The first-order valence-corrected chi connectivity index (χ1v) is 7.90. The monoisotopic (exact) mass is 352 g/mol. The summed E-state index contributed by atoms with van der Waals surface area (Å²) in [6, 6.07) is 13.6. The van der Waals surface area contributed by atoms with Crippen molar-refractivity contribution in [2.75, 3.05) is 12.4 Å².